The summed E-state index contributed by atoms with van der Waals surface area (Å²) in [6.45, 7) is 9.83. The molecular weight excluding hydrogens is 214 g/mol. The van der Waals surface area contributed by atoms with Crippen molar-refractivity contribution >= 4 is 17.7 Å². The fourth-order valence-corrected chi connectivity index (χ4v) is 0.981. The van der Waals surface area contributed by atoms with Gasteiger partial charge in [0.25, 0.3) is 0 Å². The van der Waals surface area contributed by atoms with E-state index in [-0.39, 0.29) is 5.54 Å². The quantitative estimate of drug-likeness (QED) is 0.601. The third-order valence-electron chi connectivity index (χ3n) is 1.83. The Balaban J connectivity index is 4.03. The van der Waals surface area contributed by atoms with Crippen LogP contribution in [0.1, 0.15) is 34.6 Å². The normalized spacial score (nSPS) is 13.2. The number of ether oxygens (including phenoxy) is 1. The summed E-state index contributed by atoms with van der Waals surface area (Å²) < 4.78 is 5.04. The topological polar surface area (TPSA) is 38.3 Å². The van der Waals surface area contributed by atoms with Crippen LogP contribution in [-0.4, -0.2) is 24.1 Å². The van der Waals surface area contributed by atoms with Crippen molar-refractivity contribution < 1.29 is 9.53 Å². The standard InChI is InChI=1S/C11H20ClNO2/c1-8(6-12)9(2)7-15-10(14)13-11(3,4)5/h6-7H2,1-5H3,(H,13,14)/b9-8+. The highest BCUT2D eigenvalue weighted by atomic mass is 35.5. The molecule has 0 heterocycles. The highest BCUT2D eigenvalue weighted by Gasteiger charge is 2.14. The van der Waals surface area contributed by atoms with Crippen LogP contribution in [0, 0.1) is 0 Å². The Morgan fingerprint density at radius 1 is 1.27 bits per heavy atom. The van der Waals surface area contributed by atoms with Crippen molar-refractivity contribution in [1.82, 2.24) is 5.32 Å². The molecule has 0 saturated carbocycles. The highest BCUT2D eigenvalue weighted by molar-refractivity contribution is 6.19. The van der Waals surface area contributed by atoms with Gasteiger partial charge in [0, 0.05) is 11.4 Å². The minimum Gasteiger partial charge on any atom is -0.445 e. The number of carbonyl (C=O) groups excluding carboxylic acids is 1. The summed E-state index contributed by atoms with van der Waals surface area (Å²) in [7, 11) is 0. The van der Waals surface area contributed by atoms with Gasteiger partial charge in [0.1, 0.15) is 6.61 Å². The first-order valence-corrected chi connectivity index (χ1v) is 5.46. The minimum absolute atomic E-state index is 0.268. The van der Waals surface area contributed by atoms with E-state index in [0.717, 1.165) is 11.1 Å². The Morgan fingerprint density at radius 2 is 1.80 bits per heavy atom. The maximum Gasteiger partial charge on any atom is 0.407 e. The predicted octanol–water partition coefficient (Wildman–Crippen LogP) is 3.09. The Kier molecular flexibility index (Phi) is 5.73. The van der Waals surface area contributed by atoms with E-state index in [4.69, 9.17) is 16.3 Å². The number of hydrogen-bond donors (Lipinski definition) is 1. The fourth-order valence-electron chi connectivity index (χ4n) is 0.753. The summed E-state index contributed by atoms with van der Waals surface area (Å²) in [5.74, 6) is 0.468. The van der Waals surface area contributed by atoms with E-state index >= 15 is 0 Å². The summed E-state index contributed by atoms with van der Waals surface area (Å²) in [6, 6.07) is 0. The van der Waals surface area contributed by atoms with E-state index in [1.807, 2.05) is 34.6 Å². The highest BCUT2D eigenvalue weighted by Crippen LogP contribution is 2.06. The monoisotopic (exact) mass is 233 g/mol. The largest absolute Gasteiger partial charge is 0.445 e. The lowest BCUT2D eigenvalue weighted by Gasteiger charge is -2.20. The molecule has 0 aliphatic carbocycles. The molecule has 0 aromatic carbocycles. The van der Waals surface area contributed by atoms with Gasteiger partial charge < -0.3 is 10.1 Å². The van der Waals surface area contributed by atoms with E-state index in [2.05, 4.69) is 5.32 Å². The molecule has 0 bridgehead atoms. The fraction of sp³-hybridized carbons (Fsp3) is 0.727. The zero-order valence-corrected chi connectivity index (χ0v) is 10.9. The van der Waals surface area contributed by atoms with Crippen LogP contribution in [-0.2, 0) is 4.74 Å². The number of carbonyl (C=O) groups is 1. The lowest BCUT2D eigenvalue weighted by atomic mass is 10.1. The number of halogens is 1. The molecule has 1 N–H and O–H groups in total. The van der Waals surface area contributed by atoms with Gasteiger partial charge in [-0.1, -0.05) is 5.57 Å². The van der Waals surface area contributed by atoms with Crippen molar-refractivity contribution in [1.29, 1.82) is 0 Å². The summed E-state index contributed by atoms with van der Waals surface area (Å²) in [4.78, 5) is 11.3. The van der Waals surface area contributed by atoms with Crippen LogP contribution in [0.15, 0.2) is 11.1 Å². The number of nitrogens with one attached hydrogen (secondary N) is 1. The minimum atomic E-state index is -0.399. The van der Waals surface area contributed by atoms with Crippen LogP contribution >= 0.6 is 11.6 Å². The number of alkyl halides is 1. The molecule has 0 saturated heterocycles. The van der Waals surface area contributed by atoms with Crippen LogP contribution in [0.2, 0.25) is 0 Å². The molecule has 0 aromatic heterocycles. The Hall–Kier alpha value is -0.700. The zero-order valence-electron chi connectivity index (χ0n) is 10.1. The molecule has 0 aliphatic rings. The summed E-state index contributed by atoms with van der Waals surface area (Å²) in [5, 5.41) is 2.71. The van der Waals surface area contributed by atoms with Gasteiger partial charge in [0.2, 0.25) is 0 Å². The molecule has 88 valence electrons. The van der Waals surface area contributed by atoms with Gasteiger partial charge in [-0.2, -0.15) is 0 Å². The SMILES string of the molecule is C/C(CCl)=C(/C)COC(=O)NC(C)(C)C. The summed E-state index contributed by atoms with van der Waals surface area (Å²) >= 11 is 5.65. The number of hydrogen-bond acceptors (Lipinski definition) is 2. The summed E-state index contributed by atoms with van der Waals surface area (Å²) in [5.41, 5.74) is 1.77. The van der Waals surface area contributed by atoms with Crippen LogP contribution < -0.4 is 5.32 Å². The number of allylic oxidation sites excluding steroid dienone is 1. The van der Waals surface area contributed by atoms with Gasteiger partial charge >= 0.3 is 6.09 Å². The van der Waals surface area contributed by atoms with E-state index in [1.165, 1.54) is 0 Å². The average molecular weight is 234 g/mol. The van der Waals surface area contributed by atoms with E-state index in [0.29, 0.717) is 12.5 Å². The number of rotatable bonds is 3. The maximum absolute atomic E-state index is 11.3. The number of alkyl carbamates (subject to hydrolysis) is 1. The van der Waals surface area contributed by atoms with Gasteiger partial charge in [-0.05, 0) is 40.2 Å². The molecule has 0 aromatic rings. The second kappa shape index (κ2) is 6.01. The molecular formula is C11H20ClNO2. The molecule has 0 atom stereocenters. The third-order valence-corrected chi connectivity index (χ3v) is 2.23. The van der Waals surface area contributed by atoms with Gasteiger partial charge in [-0.3, -0.25) is 0 Å². The molecule has 4 heteroatoms. The molecule has 0 spiro atoms. The van der Waals surface area contributed by atoms with Crippen molar-refractivity contribution in [3.05, 3.63) is 11.1 Å². The molecule has 0 unspecified atom stereocenters. The van der Waals surface area contributed by atoms with E-state index < -0.39 is 6.09 Å². The Labute approximate surface area is 96.8 Å². The van der Waals surface area contributed by atoms with E-state index in [9.17, 15) is 4.79 Å². The van der Waals surface area contributed by atoms with Crippen LogP contribution in [0.25, 0.3) is 0 Å². The maximum atomic E-state index is 11.3. The first-order chi connectivity index (χ1) is 6.76. The average Bonchev–Trinajstić information content (AvgIpc) is 2.10. The third kappa shape index (κ3) is 7.25. The van der Waals surface area contributed by atoms with E-state index in [1.54, 1.807) is 0 Å². The Bertz CT molecular complexity index is 254. The van der Waals surface area contributed by atoms with Crippen molar-refractivity contribution in [2.45, 2.75) is 40.2 Å². The van der Waals surface area contributed by atoms with Gasteiger partial charge in [0.05, 0.1) is 0 Å². The molecule has 1 amide bonds. The van der Waals surface area contributed by atoms with Gasteiger partial charge in [-0.25, -0.2) is 4.79 Å². The number of amides is 1. The molecule has 15 heavy (non-hydrogen) atoms. The van der Waals surface area contributed by atoms with Gasteiger partial charge in [0.15, 0.2) is 0 Å². The predicted molar refractivity (Wildman–Crippen MR) is 63.3 cm³/mol. The lowest BCUT2D eigenvalue weighted by Crippen LogP contribution is -2.41. The van der Waals surface area contributed by atoms with Crippen LogP contribution in [0.5, 0.6) is 0 Å². The molecule has 0 aliphatic heterocycles. The van der Waals surface area contributed by atoms with Crippen molar-refractivity contribution in [2.75, 3.05) is 12.5 Å². The molecule has 0 fully saturated rings. The molecule has 0 rings (SSSR count). The van der Waals surface area contributed by atoms with Gasteiger partial charge in [-0.15, -0.1) is 11.6 Å². The van der Waals surface area contributed by atoms with Crippen molar-refractivity contribution in [3.8, 4) is 0 Å². The smallest absolute Gasteiger partial charge is 0.407 e. The van der Waals surface area contributed by atoms with Crippen LogP contribution in [0.3, 0.4) is 0 Å². The Morgan fingerprint density at radius 3 is 2.20 bits per heavy atom. The first kappa shape index (κ1) is 14.3. The first-order valence-electron chi connectivity index (χ1n) is 4.92. The second-order valence-electron chi connectivity index (χ2n) is 4.65. The molecule has 0 radical (unpaired) electrons. The van der Waals surface area contributed by atoms with Crippen molar-refractivity contribution in [2.24, 2.45) is 0 Å². The van der Waals surface area contributed by atoms with Crippen molar-refractivity contribution in [3.63, 3.8) is 0 Å². The lowest BCUT2D eigenvalue weighted by molar-refractivity contribution is 0.146. The zero-order chi connectivity index (χ0) is 12.1. The second-order valence-corrected chi connectivity index (χ2v) is 4.91. The summed E-state index contributed by atoms with van der Waals surface area (Å²) in [6.07, 6.45) is -0.399. The molecule has 3 nitrogen and oxygen atoms in total. The van der Waals surface area contributed by atoms with Crippen LogP contribution in [0.4, 0.5) is 4.79 Å².